The van der Waals surface area contributed by atoms with Gasteiger partial charge in [-0.25, -0.2) is 0 Å². The van der Waals surface area contributed by atoms with E-state index in [0.29, 0.717) is 6.10 Å². The number of halogens is 1. The molecule has 0 heterocycles. The Morgan fingerprint density at radius 2 is 2.21 bits per heavy atom. The first-order valence-corrected chi connectivity index (χ1v) is 8.05. The molecule has 0 bridgehead atoms. The number of benzene rings is 1. The summed E-state index contributed by atoms with van der Waals surface area (Å²) < 4.78 is 7.33. The molecule has 0 radical (unpaired) electrons. The van der Waals surface area contributed by atoms with Crippen LogP contribution >= 0.6 is 15.9 Å². The van der Waals surface area contributed by atoms with Crippen LogP contribution < -0.4 is 10.5 Å². The summed E-state index contributed by atoms with van der Waals surface area (Å²) in [4.78, 5) is 0. The molecule has 0 saturated heterocycles. The van der Waals surface area contributed by atoms with E-state index in [2.05, 4.69) is 35.0 Å². The van der Waals surface area contributed by atoms with Crippen LogP contribution in [0.3, 0.4) is 0 Å². The third-order valence-electron chi connectivity index (χ3n) is 3.76. The lowest BCUT2D eigenvalue weighted by atomic mass is 9.88. The predicted molar refractivity (Wildman–Crippen MR) is 83.5 cm³/mol. The molecule has 0 aliphatic heterocycles. The van der Waals surface area contributed by atoms with Crippen molar-refractivity contribution in [1.82, 2.24) is 0 Å². The smallest absolute Gasteiger partial charge is 0.137 e. The molecule has 0 spiro atoms. The molecule has 0 amide bonds. The molecule has 106 valence electrons. The van der Waals surface area contributed by atoms with Crippen molar-refractivity contribution in [3.63, 3.8) is 0 Å². The lowest BCUT2D eigenvalue weighted by molar-refractivity contribution is 0.127. The first kappa shape index (κ1) is 14.9. The van der Waals surface area contributed by atoms with Gasteiger partial charge in [0.2, 0.25) is 0 Å². The van der Waals surface area contributed by atoms with Crippen LogP contribution in [0.2, 0.25) is 0 Å². The molecule has 2 N–H and O–H groups in total. The van der Waals surface area contributed by atoms with Crippen molar-refractivity contribution in [2.45, 2.75) is 58.1 Å². The second-order valence-electron chi connectivity index (χ2n) is 5.92. The summed E-state index contributed by atoms with van der Waals surface area (Å²) in [5.41, 5.74) is 7.14. The molecule has 1 saturated carbocycles. The highest BCUT2D eigenvalue weighted by Gasteiger charge is 2.22. The molecule has 3 unspecified atom stereocenters. The Bertz CT molecular complexity index is 419. The van der Waals surface area contributed by atoms with Gasteiger partial charge in [-0.3, -0.25) is 0 Å². The SMILES string of the molecule is CC(N)Cc1cccc(Br)c1OC1CCCC(C)C1. The first-order valence-electron chi connectivity index (χ1n) is 7.26. The summed E-state index contributed by atoms with van der Waals surface area (Å²) in [6.07, 6.45) is 6.16. The van der Waals surface area contributed by atoms with Crippen molar-refractivity contribution in [3.05, 3.63) is 28.2 Å². The van der Waals surface area contributed by atoms with Gasteiger partial charge in [0.25, 0.3) is 0 Å². The molecular weight excluding hydrogens is 302 g/mol. The summed E-state index contributed by atoms with van der Waals surface area (Å²) in [7, 11) is 0. The van der Waals surface area contributed by atoms with Crippen LogP contribution in [0.5, 0.6) is 5.75 Å². The van der Waals surface area contributed by atoms with Gasteiger partial charge in [0, 0.05) is 6.04 Å². The number of hydrogen-bond donors (Lipinski definition) is 1. The summed E-state index contributed by atoms with van der Waals surface area (Å²) >= 11 is 3.61. The number of hydrogen-bond acceptors (Lipinski definition) is 2. The molecule has 1 fully saturated rings. The average molecular weight is 326 g/mol. The molecule has 2 nitrogen and oxygen atoms in total. The van der Waals surface area contributed by atoms with Crippen molar-refractivity contribution in [2.24, 2.45) is 11.7 Å². The maximum atomic E-state index is 6.29. The molecule has 1 aromatic carbocycles. The first-order chi connectivity index (χ1) is 9.06. The number of nitrogens with two attached hydrogens (primary N) is 1. The minimum absolute atomic E-state index is 0.155. The summed E-state index contributed by atoms with van der Waals surface area (Å²) in [6.45, 7) is 4.35. The third-order valence-corrected chi connectivity index (χ3v) is 4.39. The topological polar surface area (TPSA) is 35.2 Å². The van der Waals surface area contributed by atoms with E-state index in [4.69, 9.17) is 10.5 Å². The van der Waals surface area contributed by atoms with Crippen molar-refractivity contribution < 1.29 is 4.74 Å². The zero-order valence-corrected chi connectivity index (χ0v) is 13.4. The standard InChI is InChI=1S/C16H24BrNO/c1-11-5-3-7-14(9-11)19-16-13(10-12(2)18)6-4-8-15(16)17/h4,6,8,11-12,14H,3,5,7,9-10,18H2,1-2H3. The maximum absolute atomic E-state index is 6.29. The van der Waals surface area contributed by atoms with Crippen LogP contribution in [0.1, 0.15) is 45.1 Å². The Labute approximate surface area is 124 Å². The molecular formula is C16H24BrNO. The van der Waals surface area contributed by atoms with Crippen LogP contribution in [0.25, 0.3) is 0 Å². The van der Waals surface area contributed by atoms with Gasteiger partial charge in [-0.05, 0) is 66.1 Å². The van der Waals surface area contributed by atoms with Crippen molar-refractivity contribution in [3.8, 4) is 5.75 Å². The Hall–Kier alpha value is -0.540. The molecule has 0 aromatic heterocycles. The van der Waals surface area contributed by atoms with E-state index in [1.807, 2.05) is 13.0 Å². The third kappa shape index (κ3) is 4.22. The molecule has 19 heavy (non-hydrogen) atoms. The highest BCUT2D eigenvalue weighted by atomic mass is 79.9. The van der Waals surface area contributed by atoms with Gasteiger partial charge in [-0.2, -0.15) is 0 Å². The number of ether oxygens (including phenoxy) is 1. The van der Waals surface area contributed by atoms with E-state index < -0.39 is 0 Å². The predicted octanol–water partition coefficient (Wildman–Crippen LogP) is 4.30. The normalized spacial score (nSPS) is 25.1. The molecule has 1 aliphatic rings. The largest absolute Gasteiger partial charge is 0.489 e. The van der Waals surface area contributed by atoms with Gasteiger partial charge >= 0.3 is 0 Å². The maximum Gasteiger partial charge on any atom is 0.137 e. The highest BCUT2D eigenvalue weighted by Crippen LogP contribution is 2.34. The van der Waals surface area contributed by atoms with Gasteiger partial charge in [-0.1, -0.05) is 25.5 Å². The van der Waals surface area contributed by atoms with Crippen LogP contribution in [0, 0.1) is 5.92 Å². The van der Waals surface area contributed by atoms with Gasteiger partial charge in [-0.15, -0.1) is 0 Å². The Balaban J connectivity index is 2.13. The lowest BCUT2D eigenvalue weighted by Gasteiger charge is -2.29. The number of rotatable bonds is 4. The highest BCUT2D eigenvalue weighted by molar-refractivity contribution is 9.10. The Morgan fingerprint density at radius 3 is 2.89 bits per heavy atom. The molecule has 1 aromatic rings. The zero-order valence-electron chi connectivity index (χ0n) is 11.9. The van der Waals surface area contributed by atoms with Crippen LogP contribution in [0.15, 0.2) is 22.7 Å². The lowest BCUT2D eigenvalue weighted by Crippen LogP contribution is -2.25. The van der Waals surface area contributed by atoms with Gasteiger partial charge in [0.15, 0.2) is 0 Å². The molecule has 1 aliphatic carbocycles. The molecule has 3 heteroatoms. The Morgan fingerprint density at radius 1 is 1.42 bits per heavy atom. The monoisotopic (exact) mass is 325 g/mol. The van der Waals surface area contributed by atoms with E-state index in [9.17, 15) is 0 Å². The Kier molecular flexibility index (Phi) is 5.28. The summed E-state index contributed by atoms with van der Waals surface area (Å²) in [5.74, 6) is 1.78. The molecule has 3 atom stereocenters. The van der Waals surface area contributed by atoms with Crippen molar-refractivity contribution >= 4 is 15.9 Å². The quantitative estimate of drug-likeness (QED) is 0.895. The number of para-hydroxylation sites is 1. The van der Waals surface area contributed by atoms with E-state index in [1.165, 1.54) is 31.2 Å². The second-order valence-corrected chi connectivity index (χ2v) is 6.78. The fraction of sp³-hybridized carbons (Fsp3) is 0.625. The van der Waals surface area contributed by atoms with E-state index in [1.54, 1.807) is 0 Å². The van der Waals surface area contributed by atoms with E-state index in [0.717, 1.165) is 22.6 Å². The van der Waals surface area contributed by atoms with E-state index >= 15 is 0 Å². The van der Waals surface area contributed by atoms with Crippen LogP contribution in [-0.2, 0) is 6.42 Å². The van der Waals surface area contributed by atoms with Crippen molar-refractivity contribution in [1.29, 1.82) is 0 Å². The fourth-order valence-corrected chi connectivity index (χ4v) is 3.35. The van der Waals surface area contributed by atoms with Crippen LogP contribution in [-0.4, -0.2) is 12.1 Å². The fourth-order valence-electron chi connectivity index (χ4n) is 2.85. The van der Waals surface area contributed by atoms with Gasteiger partial charge < -0.3 is 10.5 Å². The second kappa shape index (κ2) is 6.76. The zero-order chi connectivity index (χ0) is 13.8. The minimum atomic E-state index is 0.155. The average Bonchev–Trinajstić information content (AvgIpc) is 2.33. The van der Waals surface area contributed by atoms with Gasteiger partial charge in [0.1, 0.15) is 5.75 Å². The minimum Gasteiger partial charge on any atom is -0.489 e. The molecule has 2 rings (SSSR count). The summed E-state index contributed by atoms with van der Waals surface area (Å²) in [5, 5.41) is 0. The van der Waals surface area contributed by atoms with Crippen molar-refractivity contribution in [2.75, 3.05) is 0 Å². The van der Waals surface area contributed by atoms with Crippen LogP contribution in [0.4, 0.5) is 0 Å². The van der Waals surface area contributed by atoms with E-state index in [-0.39, 0.29) is 6.04 Å². The van der Waals surface area contributed by atoms with Gasteiger partial charge in [0.05, 0.1) is 10.6 Å². The summed E-state index contributed by atoms with van der Waals surface area (Å²) in [6, 6.07) is 6.38.